The maximum absolute atomic E-state index is 3.96. The molecule has 0 radical (unpaired) electrons. The van der Waals surface area contributed by atoms with Crippen LogP contribution >= 0.6 is 0 Å². The van der Waals surface area contributed by atoms with Gasteiger partial charge in [-0.1, -0.05) is 24.3 Å². The number of aromatic nitrogens is 2. The summed E-state index contributed by atoms with van der Waals surface area (Å²) in [5.74, 6) is 0. The third-order valence-electron chi connectivity index (χ3n) is 6.13. The van der Waals surface area contributed by atoms with Gasteiger partial charge in [0.25, 0.3) is 0 Å². The molecule has 0 bridgehead atoms. The Morgan fingerprint density at radius 3 is 1.96 bits per heavy atom. The molecule has 4 heteroatoms. The summed E-state index contributed by atoms with van der Waals surface area (Å²) >= 11 is 0. The van der Waals surface area contributed by atoms with Crippen molar-refractivity contribution in [3.05, 3.63) is 72.3 Å². The Hall–Kier alpha value is -2.56. The zero-order chi connectivity index (χ0) is 18.4. The molecule has 1 aliphatic rings. The Bertz CT molecular complexity index is 992. The lowest BCUT2D eigenvalue weighted by atomic mass is 9.95. The molecular formula is C23H26N4. The first-order chi connectivity index (χ1) is 13.2. The maximum Gasteiger partial charge on any atom is 0.0579 e. The molecule has 1 aliphatic heterocycles. The van der Waals surface area contributed by atoms with Crippen LogP contribution in [0.15, 0.2) is 61.2 Å². The highest BCUT2D eigenvalue weighted by Gasteiger charge is 2.29. The maximum atomic E-state index is 3.96. The Kier molecular flexibility index (Phi) is 4.03. The molecule has 1 fully saturated rings. The van der Waals surface area contributed by atoms with Gasteiger partial charge < -0.3 is 20.2 Å². The lowest BCUT2D eigenvalue weighted by Gasteiger charge is -2.24. The monoisotopic (exact) mass is 358 g/mol. The van der Waals surface area contributed by atoms with Crippen LogP contribution in [0.4, 0.5) is 0 Å². The number of likely N-dealkylation sites (N-methyl/N-ethyl adjacent to an activating group) is 1. The second-order valence-corrected chi connectivity index (χ2v) is 8.01. The van der Waals surface area contributed by atoms with Gasteiger partial charge in [-0.05, 0) is 65.2 Å². The number of benzene rings is 2. The van der Waals surface area contributed by atoms with Gasteiger partial charge in [-0.15, -0.1) is 0 Å². The van der Waals surface area contributed by atoms with E-state index < -0.39 is 0 Å². The van der Waals surface area contributed by atoms with Crippen molar-refractivity contribution in [2.24, 2.45) is 0 Å². The highest BCUT2D eigenvalue weighted by atomic mass is 15.2. The van der Waals surface area contributed by atoms with E-state index >= 15 is 0 Å². The van der Waals surface area contributed by atoms with Gasteiger partial charge in [-0.2, -0.15) is 0 Å². The zero-order valence-electron chi connectivity index (χ0n) is 15.9. The largest absolute Gasteiger partial charge is 0.366 e. The zero-order valence-corrected chi connectivity index (χ0v) is 15.9. The van der Waals surface area contributed by atoms with Crippen LogP contribution in [0.5, 0.6) is 0 Å². The lowest BCUT2D eigenvalue weighted by molar-refractivity contribution is 0.325. The number of rotatable bonds is 4. The van der Waals surface area contributed by atoms with Crippen molar-refractivity contribution >= 4 is 21.5 Å². The number of likely N-dealkylation sites (tertiary alicyclic amines) is 1. The van der Waals surface area contributed by atoms with Crippen LogP contribution in [0.2, 0.25) is 0 Å². The van der Waals surface area contributed by atoms with Gasteiger partial charge in [0.05, 0.1) is 6.04 Å². The molecule has 1 saturated heterocycles. The summed E-state index contributed by atoms with van der Waals surface area (Å²) in [6.07, 6.45) is 9.46. The molecule has 138 valence electrons. The van der Waals surface area contributed by atoms with Gasteiger partial charge in [0.2, 0.25) is 0 Å². The van der Waals surface area contributed by atoms with E-state index in [9.17, 15) is 0 Å². The minimum atomic E-state index is 0.187. The summed E-state index contributed by atoms with van der Waals surface area (Å²) in [6.45, 7) is 3.41. The van der Waals surface area contributed by atoms with Gasteiger partial charge in [-0.3, -0.25) is 0 Å². The molecule has 2 unspecified atom stereocenters. The molecule has 27 heavy (non-hydrogen) atoms. The average Bonchev–Trinajstić information content (AvgIpc) is 3.39. The fraction of sp³-hybridized carbons (Fsp3) is 0.304. The Labute approximate surface area is 159 Å². The van der Waals surface area contributed by atoms with Gasteiger partial charge in [-0.25, -0.2) is 0 Å². The normalized spacial score (nSPS) is 21.0. The predicted molar refractivity (Wildman–Crippen MR) is 112 cm³/mol. The molecule has 5 rings (SSSR count). The highest BCUT2D eigenvalue weighted by Crippen LogP contribution is 2.30. The molecule has 0 aliphatic carbocycles. The van der Waals surface area contributed by atoms with E-state index in [0.717, 1.165) is 6.54 Å². The molecule has 2 aromatic heterocycles. The fourth-order valence-corrected chi connectivity index (χ4v) is 4.44. The SMILES string of the molecule is CC1CC(NC(c2ccc3c[nH]cc3c2)c2ccc3c[nH]cc3c2)CN1C. The van der Waals surface area contributed by atoms with Crippen LogP contribution in [0, 0.1) is 0 Å². The van der Waals surface area contributed by atoms with Gasteiger partial charge in [0.1, 0.15) is 0 Å². The van der Waals surface area contributed by atoms with Gasteiger partial charge in [0, 0.05) is 43.4 Å². The Morgan fingerprint density at radius 1 is 0.889 bits per heavy atom. The number of aromatic amines is 2. The number of nitrogens with one attached hydrogen (secondary N) is 3. The second-order valence-electron chi connectivity index (χ2n) is 8.01. The van der Waals surface area contributed by atoms with Crippen molar-refractivity contribution in [1.82, 2.24) is 20.2 Å². The molecule has 3 N–H and O–H groups in total. The average molecular weight is 358 g/mol. The van der Waals surface area contributed by atoms with E-state index in [1.165, 1.54) is 39.1 Å². The number of H-pyrrole nitrogens is 2. The topological polar surface area (TPSA) is 46.9 Å². The van der Waals surface area contributed by atoms with Gasteiger partial charge in [0.15, 0.2) is 0 Å². The van der Waals surface area contributed by atoms with Crippen molar-refractivity contribution in [2.75, 3.05) is 13.6 Å². The minimum absolute atomic E-state index is 0.187. The van der Waals surface area contributed by atoms with E-state index in [4.69, 9.17) is 0 Å². The van der Waals surface area contributed by atoms with Crippen molar-refractivity contribution in [2.45, 2.75) is 31.5 Å². The standard InChI is InChI=1S/C23H26N4/c1-15-7-22(14-27(15)2)26-23(16-3-5-18-10-24-12-20(18)8-16)17-4-6-19-11-25-13-21(19)9-17/h3-6,8-13,15,22-26H,7,14H2,1-2H3. The molecule has 0 spiro atoms. The van der Waals surface area contributed by atoms with Crippen LogP contribution in [0.25, 0.3) is 21.5 Å². The van der Waals surface area contributed by atoms with Crippen molar-refractivity contribution in [3.8, 4) is 0 Å². The van der Waals surface area contributed by atoms with Gasteiger partial charge >= 0.3 is 0 Å². The quantitative estimate of drug-likeness (QED) is 0.506. The van der Waals surface area contributed by atoms with E-state index in [1.54, 1.807) is 0 Å². The van der Waals surface area contributed by atoms with Crippen LogP contribution in [0.1, 0.15) is 30.5 Å². The van der Waals surface area contributed by atoms with Crippen LogP contribution < -0.4 is 5.32 Å². The molecule has 0 saturated carbocycles. The Morgan fingerprint density at radius 2 is 1.44 bits per heavy atom. The van der Waals surface area contributed by atoms with Crippen LogP contribution in [0.3, 0.4) is 0 Å². The molecule has 2 aromatic carbocycles. The number of hydrogen-bond acceptors (Lipinski definition) is 2. The molecule has 4 aromatic rings. The van der Waals surface area contributed by atoms with E-state index in [0.29, 0.717) is 12.1 Å². The number of nitrogens with zero attached hydrogens (tertiary/aromatic N) is 1. The van der Waals surface area contributed by atoms with Crippen molar-refractivity contribution in [1.29, 1.82) is 0 Å². The summed E-state index contributed by atoms with van der Waals surface area (Å²) in [6, 6.07) is 14.9. The molecule has 0 amide bonds. The first-order valence-electron chi connectivity index (χ1n) is 9.76. The summed E-state index contributed by atoms with van der Waals surface area (Å²) < 4.78 is 0. The van der Waals surface area contributed by atoms with E-state index in [-0.39, 0.29) is 6.04 Å². The fourth-order valence-electron chi connectivity index (χ4n) is 4.44. The Balaban J connectivity index is 1.55. The lowest BCUT2D eigenvalue weighted by Crippen LogP contribution is -2.35. The first-order valence-corrected chi connectivity index (χ1v) is 9.76. The molecular weight excluding hydrogens is 332 g/mol. The third kappa shape index (κ3) is 3.05. The summed E-state index contributed by atoms with van der Waals surface area (Å²) in [5.41, 5.74) is 2.64. The number of hydrogen-bond donors (Lipinski definition) is 3. The summed E-state index contributed by atoms with van der Waals surface area (Å²) in [7, 11) is 2.22. The third-order valence-corrected chi connectivity index (χ3v) is 6.13. The van der Waals surface area contributed by atoms with Crippen molar-refractivity contribution in [3.63, 3.8) is 0 Å². The van der Waals surface area contributed by atoms with Crippen LogP contribution in [-0.2, 0) is 0 Å². The van der Waals surface area contributed by atoms with E-state index in [2.05, 4.69) is 95.3 Å². The minimum Gasteiger partial charge on any atom is -0.366 e. The van der Waals surface area contributed by atoms with Crippen LogP contribution in [-0.4, -0.2) is 40.5 Å². The van der Waals surface area contributed by atoms with Crippen molar-refractivity contribution < 1.29 is 0 Å². The summed E-state index contributed by atoms with van der Waals surface area (Å²) in [4.78, 5) is 8.88. The smallest absolute Gasteiger partial charge is 0.0579 e. The first kappa shape index (κ1) is 16.6. The number of fused-ring (bicyclic) bond motifs is 2. The summed E-state index contributed by atoms with van der Waals surface area (Å²) in [5, 5.41) is 9.00. The molecule has 4 nitrogen and oxygen atoms in total. The highest BCUT2D eigenvalue weighted by molar-refractivity contribution is 5.84. The second kappa shape index (κ2) is 6.55. The molecule has 2 atom stereocenters. The predicted octanol–water partition coefficient (Wildman–Crippen LogP) is 4.42. The van der Waals surface area contributed by atoms with E-state index in [1.807, 2.05) is 0 Å². The molecule has 3 heterocycles.